The van der Waals surface area contributed by atoms with Gasteiger partial charge in [-0.15, -0.1) is 0 Å². The third kappa shape index (κ3) is 3.28. The Morgan fingerprint density at radius 1 is 1.28 bits per heavy atom. The Morgan fingerprint density at radius 3 is 2.33 bits per heavy atom. The molecule has 0 aromatic heterocycles. The van der Waals surface area contributed by atoms with E-state index in [0.29, 0.717) is 0 Å². The number of esters is 2. The van der Waals surface area contributed by atoms with Crippen LogP contribution >= 0.6 is 0 Å². The van der Waals surface area contributed by atoms with Crippen LogP contribution in [0.15, 0.2) is 23.1 Å². The first-order valence-corrected chi connectivity index (χ1v) is 6.24. The number of ether oxygens (including phenoxy) is 2. The number of hydrogen-bond acceptors (Lipinski definition) is 6. The summed E-state index contributed by atoms with van der Waals surface area (Å²) in [4.78, 5) is 22.0. The number of hydrogen-bond donors (Lipinski definition) is 1. The van der Waals surface area contributed by atoms with E-state index in [0.717, 1.165) is 32.2 Å². The average molecular weight is 273 g/mol. The minimum atomic E-state index is -3.96. The van der Waals surface area contributed by atoms with Gasteiger partial charge >= 0.3 is 11.9 Å². The smallest absolute Gasteiger partial charge is 0.341 e. The molecule has 0 fully saturated rings. The van der Waals surface area contributed by atoms with Gasteiger partial charge in [0.1, 0.15) is 11.3 Å². The third-order valence-corrected chi connectivity index (χ3v) is 2.85. The van der Waals surface area contributed by atoms with Gasteiger partial charge in [0, 0.05) is 6.92 Å². The maximum atomic E-state index is 11.4. The summed E-state index contributed by atoms with van der Waals surface area (Å²) < 4.78 is 31.5. The van der Waals surface area contributed by atoms with E-state index < -0.39 is 22.0 Å². The van der Waals surface area contributed by atoms with Gasteiger partial charge in [0.15, 0.2) is 0 Å². The number of primary sulfonamides is 1. The maximum Gasteiger partial charge on any atom is 0.341 e. The van der Waals surface area contributed by atoms with E-state index in [1.165, 1.54) is 0 Å². The summed E-state index contributed by atoms with van der Waals surface area (Å²) in [6, 6.07) is 3.27. The molecule has 0 bridgehead atoms. The van der Waals surface area contributed by atoms with Crippen LogP contribution in [0.2, 0.25) is 0 Å². The molecule has 2 N–H and O–H groups in total. The average Bonchev–Trinajstić information content (AvgIpc) is 2.26. The van der Waals surface area contributed by atoms with Crippen molar-refractivity contribution in [3.63, 3.8) is 0 Å². The fourth-order valence-electron chi connectivity index (χ4n) is 1.20. The highest BCUT2D eigenvalue weighted by atomic mass is 32.2. The molecular formula is C10H11NO6S. The topological polar surface area (TPSA) is 113 Å². The zero-order chi connectivity index (χ0) is 13.9. The van der Waals surface area contributed by atoms with Crippen LogP contribution in [0.3, 0.4) is 0 Å². The lowest BCUT2D eigenvalue weighted by atomic mass is 10.2. The molecule has 0 saturated heterocycles. The first-order chi connectivity index (χ1) is 8.25. The van der Waals surface area contributed by atoms with Crippen molar-refractivity contribution in [2.45, 2.75) is 11.8 Å². The molecule has 1 rings (SSSR count). The molecule has 0 saturated carbocycles. The molecule has 0 atom stereocenters. The molecule has 0 amide bonds. The summed E-state index contributed by atoms with van der Waals surface area (Å²) in [6.45, 7) is 1.15. The van der Waals surface area contributed by atoms with E-state index in [4.69, 9.17) is 9.88 Å². The van der Waals surface area contributed by atoms with Gasteiger partial charge in [-0.05, 0) is 18.2 Å². The molecule has 0 aliphatic carbocycles. The Balaban J connectivity index is 3.38. The lowest BCUT2D eigenvalue weighted by molar-refractivity contribution is -0.131. The Bertz CT molecular complexity index is 592. The molecule has 0 heterocycles. The van der Waals surface area contributed by atoms with Gasteiger partial charge in [-0.3, -0.25) is 4.79 Å². The summed E-state index contributed by atoms with van der Waals surface area (Å²) in [5.74, 6) is -1.58. The van der Waals surface area contributed by atoms with Crippen LogP contribution in [0.5, 0.6) is 5.75 Å². The quantitative estimate of drug-likeness (QED) is 0.614. The van der Waals surface area contributed by atoms with Crippen molar-refractivity contribution < 1.29 is 27.5 Å². The van der Waals surface area contributed by atoms with Crippen molar-refractivity contribution in [3.8, 4) is 5.75 Å². The van der Waals surface area contributed by atoms with Gasteiger partial charge in [-0.1, -0.05) is 0 Å². The van der Waals surface area contributed by atoms with Gasteiger partial charge in [0.05, 0.1) is 12.0 Å². The molecule has 0 aliphatic rings. The van der Waals surface area contributed by atoms with E-state index in [9.17, 15) is 18.0 Å². The SMILES string of the molecule is COC(=O)c1cc(S(N)(=O)=O)ccc1OC(C)=O. The second-order valence-corrected chi connectivity index (χ2v) is 4.85. The number of carbonyl (C=O) groups excluding carboxylic acids is 2. The summed E-state index contributed by atoms with van der Waals surface area (Å²) in [6.07, 6.45) is 0. The molecule has 0 unspecified atom stereocenters. The van der Waals surface area contributed by atoms with Crippen LogP contribution in [0.1, 0.15) is 17.3 Å². The first-order valence-electron chi connectivity index (χ1n) is 4.69. The highest BCUT2D eigenvalue weighted by molar-refractivity contribution is 7.89. The van der Waals surface area contributed by atoms with Crippen molar-refractivity contribution in [1.82, 2.24) is 0 Å². The highest BCUT2D eigenvalue weighted by Gasteiger charge is 2.19. The minimum absolute atomic E-state index is 0.0956. The number of rotatable bonds is 3. The van der Waals surface area contributed by atoms with Crippen LogP contribution in [-0.4, -0.2) is 27.5 Å². The zero-order valence-electron chi connectivity index (χ0n) is 9.67. The third-order valence-electron chi connectivity index (χ3n) is 1.94. The van der Waals surface area contributed by atoms with Gasteiger partial charge in [-0.2, -0.15) is 0 Å². The van der Waals surface area contributed by atoms with E-state index >= 15 is 0 Å². The second kappa shape index (κ2) is 5.15. The fourth-order valence-corrected chi connectivity index (χ4v) is 1.74. The zero-order valence-corrected chi connectivity index (χ0v) is 10.5. The Morgan fingerprint density at radius 2 is 1.89 bits per heavy atom. The number of benzene rings is 1. The molecular weight excluding hydrogens is 262 g/mol. The standard InChI is InChI=1S/C10H11NO6S/c1-6(12)17-9-4-3-7(18(11,14)15)5-8(9)10(13)16-2/h3-5H,1-2H3,(H2,11,14,15). The van der Waals surface area contributed by atoms with Gasteiger partial charge < -0.3 is 9.47 Å². The van der Waals surface area contributed by atoms with Crippen molar-refractivity contribution in [3.05, 3.63) is 23.8 Å². The van der Waals surface area contributed by atoms with Crippen LogP contribution in [0.25, 0.3) is 0 Å². The highest BCUT2D eigenvalue weighted by Crippen LogP contribution is 2.23. The maximum absolute atomic E-state index is 11.4. The monoisotopic (exact) mass is 273 g/mol. The first kappa shape index (κ1) is 14.1. The van der Waals surface area contributed by atoms with Gasteiger partial charge in [0.25, 0.3) is 0 Å². The normalized spacial score (nSPS) is 10.8. The molecule has 8 heteroatoms. The summed E-state index contributed by atoms with van der Waals surface area (Å²) >= 11 is 0. The van der Waals surface area contributed by atoms with E-state index in [1.54, 1.807) is 0 Å². The molecule has 0 spiro atoms. The molecule has 7 nitrogen and oxygen atoms in total. The molecule has 0 radical (unpaired) electrons. The van der Waals surface area contributed by atoms with Gasteiger partial charge in [-0.25, -0.2) is 18.4 Å². The Labute approximate surface area is 104 Å². The van der Waals surface area contributed by atoms with E-state index in [1.807, 2.05) is 0 Å². The minimum Gasteiger partial charge on any atom is -0.465 e. The number of sulfonamides is 1. The van der Waals surface area contributed by atoms with Crippen molar-refractivity contribution in [2.24, 2.45) is 5.14 Å². The van der Waals surface area contributed by atoms with E-state index in [-0.39, 0.29) is 16.2 Å². The number of nitrogens with two attached hydrogens (primary N) is 1. The summed E-state index contributed by atoms with van der Waals surface area (Å²) in [7, 11) is -2.85. The van der Waals surface area contributed by atoms with Crippen LogP contribution in [0.4, 0.5) is 0 Å². The fraction of sp³-hybridized carbons (Fsp3) is 0.200. The van der Waals surface area contributed by atoms with Crippen LogP contribution in [0, 0.1) is 0 Å². The van der Waals surface area contributed by atoms with Crippen LogP contribution < -0.4 is 9.88 Å². The molecule has 98 valence electrons. The van der Waals surface area contributed by atoms with Crippen molar-refractivity contribution in [2.75, 3.05) is 7.11 Å². The van der Waals surface area contributed by atoms with Crippen molar-refractivity contribution >= 4 is 22.0 Å². The Hall–Kier alpha value is -1.93. The number of methoxy groups -OCH3 is 1. The predicted octanol–water partition coefficient (Wildman–Crippen LogP) is 0.0459. The van der Waals surface area contributed by atoms with E-state index in [2.05, 4.69) is 4.74 Å². The predicted molar refractivity (Wildman–Crippen MR) is 60.5 cm³/mol. The van der Waals surface area contributed by atoms with Crippen molar-refractivity contribution in [1.29, 1.82) is 0 Å². The lowest BCUT2D eigenvalue weighted by Gasteiger charge is -2.08. The summed E-state index contributed by atoms with van der Waals surface area (Å²) in [5.41, 5.74) is -0.195. The molecule has 18 heavy (non-hydrogen) atoms. The molecule has 0 aliphatic heterocycles. The van der Waals surface area contributed by atoms with Gasteiger partial charge in [0.2, 0.25) is 10.0 Å². The van der Waals surface area contributed by atoms with Crippen LogP contribution in [-0.2, 0) is 19.6 Å². The Kier molecular flexibility index (Phi) is 4.04. The lowest BCUT2D eigenvalue weighted by Crippen LogP contribution is -2.15. The largest absolute Gasteiger partial charge is 0.465 e. The number of carbonyl (C=O) groups is 2. The molecule has 1 aromatic carbocycles. The molecule has 1 aromatic rings. The second-order valence-electron chi connectivity index (χ2n) is 3.29. The summed E-state index contributed by atoms with van der Waals surface area (Å²) in [5, 5.41) is 4.93.